The van der Waals surface area contributed by atoms with Crippen LogP contribution in [0, 0.1) is 13.8 Å². The van der Waals surface area contributed by atoms with Crippen molar-refractivity contribution < 1.29 is 9.53 Å². The van der Waals surface area contributed by atoms with Crippen LogP contribution < -0.4 is 10.1 Å². The van der Waals surface area contributed by atoms with Crippen molar-refractivity contribution in [2.45, 2.75) is 40.3 Å². The number of rotatable bonds is 7. The summed E-state index contributed by atoms with van der Waals surface area (Å²) in [4.78, 5) is 12.9. The maximum Gasteiger partial charge on any atom is 0.255 e. The molecule has 3 rings (SSSR count). The van der Waals surface area contributed by atoms with Gasteiger partial charge in [0.1, 0.15) is 5.75 Å². The second kappa shape index (κ2) is 8.74. The van der Waals surface area contributed by atoms with E-state index in [1.165, 1.54) is 0 Å². The lowest BCUT2D eigenvalue weighted by atomic mass is 10.1. The highest BCUT2D eigenvalue weighted by atomic mass is 16.5. The van der Waals surface area contributed by atoms with Crippen molar-refractivity contribution in [2.24, 2.45) is 0 Å². The fourth-order valence-corrected chi connectivity index (χ4v) is 3.31. The Bertz CT molecular complexity index is 930. The van der Waals surface area contributed by atoms with Gasteiger partial charge < -0.3 is 10.1 Å². The molecule has 0 bridgehead atoms. The number of carbonyl (C=O) groups is 1. The Kier molecular flexibility index (Phi) is 6.14. The second-order valence-electron chi connectivity index (χ2n) is 6.89. The maximum atomic E-state index is 12.9. The average molecular weight is 377 g/mol. The summed E-state index contributed by atoms with van der Waals surface area (Å²) >= 11 is 0. The molecule has 0 aliphatic heterocycles. The Morgan fingerprint density at radius 1 is 1.11 bits per heavy atom. The molecule has 0 fully saturated rings. The van der Waals surface area contributed by atoms with Crippen LogP contribution in [0.4, 0.5) is 0 Å². The van der Waals surface area contributed by atoms with Crippen molar-refractivity contribution in [3.63, 3.8) is 0 Å². The van der Waals surface area contributed by atoms with Crippen LogP contribution >= 0.6 is 0 Å². The first-order chi connectivity index (χ1) is 13.5. The number of ether oxygens (including phenoxy) is 1. The smallest absolute Gasteiger partial charge is 0.255 e. The predicted molar refractivity (Wildman–Crippen MR) is 111 cm³/mol. The highest BCUT2D eigenvalue weighted by Gasteiger charge is 2.20. The fraction of sp³-hybridized carbons (Fsp3) is 0.304. The molecule has 0 radical (unpaired) electrons. The van der Waals surface area contributed by atoms with E-state index in [1.54, 1.807) is 0 Å². The summed E-state index contributed by atoms with van der Waals surface area (Å²) in [7, 11) is 0. The third-order valence-corrected chi connectivity index (χ3v) is 4.82. The Hall–Kier alpha value is -3.08. The van der Waals surface area contributed by atoms with Gasteiger partial charge in [0.15, 0.2) is 0 Å². The van der Waals surface area contributed by atoms with Crippen LogP contribution in [-0.2, 0) is 6.54 Å². The van der Waals surface area contributed by atoms with E-state index in [2.05, 4.69) is 22.5 Å². The minimum Gasteiger partial charge on any atom is -0.494 e. The minimum atomic E-state index is -0.112. The van der Waals surface area contributed by atoms with E-state index in [0.717, 1.165) is 28.3 Å². The van der Waals surface area contributed by atoms with E-state index < -0.39 is 0 Å². The topological polar surface area (TPSA) is 56.1 Å². The van der Waals surface area contributed by atoms with E-state index >= 15 is 0 Å². The summed E-state index contributed by atoms with van der Waals surface area (Å²) < 4.78 is 7.37. The maximum absolute atomic E-state index is 12.9. The van der Waals surface area contributed by atoms with Gasteiger partial charge in [-0.2, -0.15) is 5.10 Å². The molecule has 1 N–H and O–H groups in total. The highest BCUT2D eigenvalue weighted by molar-refractivity contribution is 5.96. The molecule has 0 aliphatic carbocycles. The highest BCUT2D eigenvalue weighted by Crippen LogP contribution is 2.20. The quantitative estimate of drug-likeness (QED) is 0.662. The van der Waals surface area contributed by atoms with Crippen LogP contribution in [0.5, 0.6) is 5.75 Å². The predicted octanol–water partition coefficient (Wildman–Crippen LogP) is 4.44. The van der Waals surface area contributed by atoms with Gasteiger partial charge in [-0.1, -0.05) is 42.5 Å². The molecule has 3 aromatic rings. The third-order valence-electron chi connectivity index (χ3n) is 4.82. The summed E-state index contributed by atoms with van der Waals surface area (Å²) in [5.41, 5.74) is 4.45. The largest absolute Gasteiger partial charge is 0.494 e. The van der Waals surface area contributed by atoms with Gasteiger partial charge in [0.2, 0.25) is 0 Å². The molecule has 5 heteroatoms. The van der Waals surface area contributed by atoms with Crippen molar-refractivity contribution in [3.8, 4) is 5.75 Å². The van der Waals surface area contributed by atoms with Crippen molar-refractivity contribution in [1.29, 1.82) is 0 Å². The molecule has 0 aliphatic rings. The number of hydrogen-bond acceptors (Lipinski definition) is 3. The minimum absolute atomic E-state index is 0.101. The Morgan fingerprint density at radius 2 is 1.79 bits per heavy atom. The molecule has 1 atom stereocenters. The molecular weight excluding hydrogens is 350 g/mol. The van der Waals surface area contributed by atoms with Gasteiger partial charge in [0, 0.05) is 5.69 Å². The number of aryl methyl sites for hydroxylation is 1. The molecule has 1 amide bonds. The summed E-state index contributed by atoms with van der Waals surface area (Å²) in [5, 5.41) is 7.67. The van der Waals surface area contributed by atoms with Gasteiger partial charge in [-0.15, -0.1) is 0 Å². The van der Waals surface area contributed by atoms with Crippen LogP contribution in [0.15, 0.2) is 54.6 Å². The van der Waals surface area contributed by atoms with Crippen LogP contribution in [0.3, 0.4) is 0 Å². The van der Waals surface area contributed by atoms with Crippen molar-refractivity contribution in [2.75, 3.05) is 6.61 Å². The summed E-state index contributed by atoms with van der Waals surface area (Å²) in [6.07, 6.45) is 0. The fourth-order valence-electron chi connectivity index (χ4n) is 3.31. The Balaban J connectivity index is 1.73. The van der Waals surface area contributed by atoms with E-state index in [0.29, 0.717) is 18.7 Å². The number of benzene rings is 2. The lowest BCUT2D eigenvalue weighted by Crippen LogP contribution is -2.27. The van der Waals surface area contributed by atoms with Crippen LogP contribution in [0.1, 0.15) is 52.8 Å². The molecule has 5 nitrogen and oxygen atoms in total. The Morgan fingerprint density at radius 3 is 2.43 bits per heavy atom. The molecule has 0 spiro atoms. The lowest BCUT2D eigenvalue weighted by Gasteiger charge is -2.15. The zero-order valence-electron chi connectivity index (χ0n) is 16.9. The van der Waals surface area contributed by atoms with Gasteiger partial charge in [0.25, 0.3) is 5.91 Å². The number of hydrogen-bond donors (Lipinski definition) is 1. The monoisotopic (exact) mass is 377 g/mol. The van der Waals surface area contributed by atoms with Crippen molar-refractivity contribution in [1.82, 2.24) is 15.1 Å². The number of nitrogens with zero attached hydrogens (tertiary/aromatic N) is 2. The lowest BCUT2D eigenvalue weighted by molar-refractivity contribution is 0.0938. The molecule has 146 valence electrons. The van der Waals surface area contributed by atoms with E-state index in [9.17, 15) is 4.79 Å². The number of carbonyl (C=O) groups excluding carboxylic acids is 1. The molecule has 0 saturated heterocycles. The van der Waals surface area contributed by atoms with Crippen molar-refractivity contribution in [3.05, 3.63) is 82.7 Å². The molecule has 1 heterocycles. The third kappa shape index (κ3) is 4.42. The summed E-state index contributed by atoms with van der Waals surface area (Å²) in [5.74, 6) is 0.731. The number of amides is 1. The normalized spacial score (nSPS) is 11.9. The zero-order chi connectivity index (χ0) is 20.1. The average Bonchev–Trinajstić information content (AvgIpc) is 2.96. The number of nitrogens with one attached hydrogen (secondary N) is 1. The van der Waals surface area contributed by atoms with Crippen LogP contribution in [-0.4, -0.2) is 22.3 Å². The number of aromatic nitrogens is 2. The molecule has 0 saturated carbocycles. The first-order valence-electron chi connectivity index (χ1n) is 9.61. The van der Waals surface area contributed by atoms with Crippen molar-refractivity contribution >= 4 is 5.91 Å². The van der Waals surface area contributed by atoms with E-state index in [1.807, 2.05) is 74.8 Å². The van der Waals surface area contributed by atoms with Gasteiger partial charge in [-0.05, 0) is 51.0 Å². The Labute approximate surface area is 166 Å². The zero-order valence-corrected chi connectivity index (χ0v) is 16.9. The van der Waals surface area contributed by atoms with Gasteiger partial charge in [-0.3, -0.25) is 9.48 Å². The van der Waals surface area contributed by atoms with Gasteiger partial charge in [0.05, 0.1) is 30.5 Å². The van der Waals surface area contributed by atoms with Crippen LogP contribution in [0.2, 0.25) is 0 Å². The van der Waals surface area contributed by atoms with E-state index in [4.69, 9.17) is 4.74 Å². The van der Waals surface area contributed by atoms with Crippen LogP contribution in [0.25, 0.3) is 0 Å². The van der Waals surface area contributed by atoms with E-state index in [-0.39, 0.29) is 11.9 Å². The summed E-state index contributed by atoms with van der Waals surface area (Å²) in [6, 6.07) is 17.8. The summed E-state index contributed by atoms with van der Waals surface area (Å²) in [6.45, 7) is 9.04. The first-order valence-corrected chi connectivity index (χ1v) is 9.61. The van der Waals surface area contributed by atoms with Gasteiger partial charge in [-0.25, -0.2) is 0 Å². The molecule has 28 heavy (non-hydrogen) atoms. The molecule has 1 aromatic heterocycles. The molecular formula is C23H27N3O2. The van der Waals surface area contributed by atoms with Gasteiger partial charge >= 0.3 is 0 Å². The SMILES string of the molecule is CCOc1ccc(C(C)NC(=O)c2c(C)nn(Cc3ccccc3)c2C)cc1. The molecule has 2 aromatic carbocycles. The molecule has 1 unspecified atom stereocenters. The first kappa shape index (κ1) is 19.7. The standard InChI is InChI=1S/C23H27N3O2/c1-5-28-21-13-11-20(12-14-21)16(2)24-23(27)22-17(3)25-26(18(22)4)15-19-9-7-6-8-10-19/h6-14,16H,5,15H2,1-4H3,(H,24,27). The second-order valence-corrected chi connectivity index (χ2v) is 6.89.